The van der Waals surface area contributed by atoms with Gasteiger partial charge in [0.25, 0.3) is 0 Å². The van der Waals surface area contributed by atoms with Gasteiger partial charge < -0.3 is 0 Å². The topological polar surface area (TPSA) is 0 Å². The average molecular weight is 253 g/mol. The Balaban J connectivity index is -0.00000000500. The van der Waals surface area contributed by atoms with Gasteiger partial charge in [0.1, 0.15) is 0 Å². The Morgan fingerprint density at radius 2 is 1.25 bits per heavy atom. The van der Waals surface area contributed by atoms with Crippen LogP contribution in [-0.2, 0) is 24.7 Å². The minimum atomic E-state index is 0. The maximum absolute atomic E-state index is 2.09. The molecule has 16 valence electrons. The van der Waals surface area contributed by atoms with Gasteiger partial charge in [-0.15, -0.1) is 0 Å². The summed E-state index contributed by atoms with van der Waals surface area (Å²) in [6.45, 7) is 0. The van der Waals surface area contributed by atoms with Crippen molar-refractivity contribution in [2.24, 2.45) is 0 Å². The van der Waals surface area contributed by atoms with Gasteiger partial charge in [-0.3, -0.25) is 0 Å². The van der Waals surface area contributed by atoms with E-state index in [1.54, 1.807) is 24.7 Å². The summed E-state index contributed by atoms with van der Waals surface area (Å²) in [5.74, 6) is 0. The molecule has 0 amide bonds. The monoisotopic (exact) mass is 252 g/mol. The summed E-state index contributed by atoms with van der Waals surface area (Å²) in [6.07, 6.45) is 0. The zero-order valence-corrected chi connectivity index (χ0v) is 8.16. The zero-order chi connectivity index (χ0) is 2.00. The van der Waals surface area contributed by atoms with Crippen molar-refractivity contribution in [3.05, 3.63) is 0 Å². The van der Waals surface area contributed by atoms with Gasteiger partial charge in [-0.05, 0) is 0 Å². The Hall–Kier alpha value is 2.68. The van der Waals surface area contributed by atoms with E-state index in [-0.39, 0.29) is 54.5 Å². The molecule has 0 rings (SSSR count). The van der Waals surface area contributed by atoms with E-state index >= 15 is 0 Å². The molecule has 0 bridgehead atoms. The molecular weight excluding hydrogens is 249 g/mol. The average Bonchev–Trinajstić information content (AvgIpc) is 1.00. The third-order valence-corrected chi connectivity index (χ3v) is 0. The second-order valence-corrected chi connectivity index (χ2v) is 0. The fourth-order valence-corrected chi connectivity index (χ4v) is 0. The molecule has 0 saturated carbocycles. The van der Waals surface area contributed by atoms with Gasteiger partial charge in [-0.1, -0.05) is 0 Å². The van der Waals surface area contributed by atoms with Crippen molar-refractivity contribution >= 4 is 18.9 Å². The normalized spacial score (nSPS) is 1.00. The molecule has 0 unspecified atom stereocenters. The van der Waals surface area contributed by atoms with Gasteiger partial charge in [-0.2, -0.15) is 0 Å². The third-order valence-electron chi connectivity index (χ3n) is 0. The molecule has 0 saturated heterocycles. The summed E-state index contributed by atoms with van der Waals surface area (Å²) in [5.41, 5.74) is 0. The van der Waals surface area contributed by atoms with Crippen LogP contribution in [0.15, 0.2) is 0 Å². The van der Waals surface area contributed by atoms with Crippen molar-refractivity contribution < 1.29 is 60.3 Å². The van der Waals surface area contributed by atoms with Crippen LogP contribution in [0.1, 0.15) is 0 Å². The van der Waals surface area contributed by atoms with Gasteiger partial charge >= 0.3 is 48.2 Å². The summed E-state index contributed by atoms with van der Waals surface area (Å²) in [7, 11) is 0. The Kier molecular flexibility index (Phi) is 69.0. The molecule has 0 N–H and O–H groups in total. The van der Waals surface area contributed by atoms with Gasteiger partial charge in [0, 0.05) is 35.6 Å². The Morgan fingerprint density at radius 3 is 1.25 bits per heavy atom. The van der Waals surface area contributed by atoms with Crippen molar-refractivity contribution in [2.75, 3.05) is 0 Å². The standard InChI is InChI=1S/CH3.La.Li.Zr.H/h1H3;;;;. The fraction of sp³-hybridized carbons (Fsp3) is 1.00. The molecule has 0 aromatic carbocycles. The third kappa shape index (κ3) is 8.82. The zero-order valence-electron chi connectivity index (χ0n) is 2.08. The fourth-order valence-electron chi connectivity index (χ4n) is 0. The van der Waals surface area contributed by atoms with Crippen LogP contribution < -0.4 is 0 Å². The summed E-state index contributed by atoms with van der Waals surface area (Å²) in [5, 5.41) is 0. The first-order valence-corrected chi connectivity index (χ1v) is 2.96. The van der Waals surface area contributed by atoms with Crippen molar-refractivity contribution in [3.63, 3.8) is 0 Å². The summed E-state index contributed by atoms with van der Waals surface area (Å²) in [4.78, 5) is 0. The molecule has 0 fully saturated rings. The molecule has 1 radical (unpaired) electrons. The van der Waals surface area contributed by atoms with Gasteiger partial charge in [0.15, 0.2) is 0 Å². The van der Waals surface area contributed by atoms with Crippen LogP contribution >= 0.6 is 0 Å². The van der Waals surface area contributed by atoms with E-state index in [2.05, 4.69) is 4.63 Å². The van der Waals surface area contributed by atoms with Gasteiger partial charge in [0.05, 0.1) is 0 Å². The van der Waals surface area contributed by atoms with Crippen LogP contribution in [-0.4, -0.2) is 18.9 Å². The molecule has 0 spiro atoms. The molecule has 0 nitrogen and oxygen atoms in total. The quantitative estimate of drug-likeness (QED) is 0.530. The first-order valence-electron chi connectivity index (χ1n) is 0.500. The molecule has 3 heteroatoms. The molecule has 0 aliphatic rings. The van der Waals surface area contributed by atoms with E-state index in [9.17, 15) is 0 Å². The number of rotatable bonds is 0. The second-order valence-electron chi connectivity index (χ2n) is 0. The van der Waals surface area contributed by atoms with Crippen LogP contribution in [0.5, 0.6) is 0 Å². The molecule has 0 aromatic rings. The predicted octanol–water partition coefficient (Wildman–Crippen LogP) is -0.0672. The van der Waals surface area contributed by atoms with Crippen LogP contribution in [0.4, 0.5) is 0 Å². The van der Waals surface area contributed by atoms with Gasteiger partial charge in [0.2, 0.25) is 0 Å². The Labute approximate surface area is 82.1 Å². The molecule has 0 aliphatic heterocycles. The van der Waals surface area contributed by atoms with Crippen molar-refractivity contribution in [2.45, 2.75) is 4.63 Å². The molecular formula is CH4LaLiZr. The van der Waals surface area contributed by atoms with Crippen molar-refractivity contribution in [3.8, 4) is 0 Å². The molecule has 0 atom stereocenters. The number of hydrogen-bond donors (Lipinski definition) is 0. The second kappa shape index (κ2) is 17.3. The van der Waals surface area contributed by atoms with Crippen LogP contribution in [0.2, 0.25) is 4.63 Å². The summed E-state index contributed by atoms with van der Waals surface area (Å²) >= 11 is 1.55. The number of hydrogen-bond acceptors (Lipinski definition) is 0. The van der Waals surface area contributed by atoms with E-state index in [1.165, 1.54) is 0 Å². The van der Waals surface area contributed by atoms with Crippen molar-refractivity contribution in [1.29, 1.82) is 0 Å². The molecule has 0 aliphatic carbocycles. The van der Waals surface area contributed by atoms with Crippen LogP contribution in [0.3, 0.4) is 0 Å². The molecule has 0 aromatic heterocycles. The molecule has 0 heterocycles. The summed E-state index contributed by atoms with van der Waals surface area (Å²) < 4.78 is 2.09. The van der Waals surface area contributed by atoms with E-state index in [4.69, 9.17) is 0 Å². The molecule has 4 heavy (non-hydrogen) atoms. The maximum atomic E-state index is 2.09. The van der Waals surface area contributed by atoms with E-state index in [0.717, 1.165) is 0 Å². The van der Waals surface area contributed by atoms with Crippen molar-refractivity contribution in [1.82, 2.24) is 0 Å². The van der Waals surface area contributed by atoms with E-state index in [1.807, 2.05) is 0 Å². The van der Waals surface area contributed by atoms with Crippen LogP contribution in [0.25, 0.3) is 0 Å². The van der Waals surface area contributed by atoms with E-state index in [0.29, 0.717) is 0 Å². The Bertz CT molecular complexity index is 8.00. The minimum absolute atomic E-state index is 0. The summed E-state index contributed by atoms with van der Waals surface area (Å²) in [6, 6.07) is 0. The first kappa shape index (κ1) is 15.9. The first-order chi connectivity index (χ1) is 1.00. The predicted molar refractivity (Wildman–Crippen MR) is 13.0 cm³/mol. The SMILES string of the molecule is [CH3][Zr].[La].[LiH]. The van der Waals surface area contributed by atoms with Gasteiger partial charge in [-0.25, -0.2) is 0 Å². The van der Waals surface area contributed by atoms with E-state index < -0.39 is 0 Å². The van der Waals surface area contributed by atoms with Crippen LogP contribution in [0, 0.1) is 35.6 Å². The Morgan fingerprint density at radius 1 is 1.25 bits per heavy atom.